The minimum atomic E-state index is -0.679. The van der Waals surface area contributed by atoms with Gasteiger partial charge in [0.2, 0.25) is 11.7 Å². The Morgan fingerprint density at radius 3 is 2.84 bits per heavy atom. The first-order chi connectivity index (χ1) is 12.1. The maximum absolute atomic E-state index is 12.1. The summed E-state index contributed by atoms with van der Waals surface area (Å²) < 4.78 is 10.6. The average molecular weight is 340 g/mol. The molecule has 2 heterocycles. The van der Waals surface area contributed by atoms with Gasteiger partial charge in [0, 0.05) is 6.20 Å². The van der Waals surface area contributed by atoms with Crippen LogP contribution in [0.25, 0.3) is 11.4 Å². The van der Waals surface area contributed by atoms with Gasteiger partial charge < -0.3 is 19.6 Å². The van der Waals surface area contributed by atoms with Crippen LogP contribution in [0.5, 0.6) is 5.75 Å². The third-order valence-corrected chi connectivity index (χ3v) is 3.37. The Morgan fingerprint density at radius 2 is 2.08 bits per heavy atom. The molecule has 0 saturated heterocycles. The highest BCUT2D eigenvalue weighted by atomic mass is 16.5. The van der Waals surface area contributed by atoms with Crippen LogP contribution in [-0.2, 0) is 11.3 Å². The number of nitrogens with zero attached hydrogens (tertiary/aromatic N) is 2. The summed E-state index contributed by atoms with van der Waals surface area (Å²) in [6, 6.07) is 12.3. The lowest BCUT2D eigenvalue weighted by atomic mass is 10.3. The zero-order valence-corrected chi connectivity index (χ0v) is 13.4. The largest absolute Gasteiger partial charge is 0.481 e. The number of nitrogens with one attached hydrogen (secondary N) is 2. The summed E-state index contributed by atoms with van der Waals surface area (Å²) in [6.07, 6.45) is 0.836. The molecule has 3 aromatic rings. The van der Waals surface area contributed by atoms with E-state index in [1.165, 1.54) is 6.20 Å². The first kappa shape index (κ1) is 16.4. The second-order valence-electron chi connectivity index (χ2n) is 5.22. The number of H-pyrrole nitrogens is 1. The van der Waals surface area contributed by atoms with Crippen molar-refractivity contribution in [2.75, 3.05) is 0 Å². The number of carbonyl (C=O) groups excluding carboxylic acids is 1. The summed E-state index contributed by atoms with van der Waals surface area (Å²) in [5.74, 6) is 0.646. The number of aromatic nitrogens is 3. The highest BCUT2D eigenvalue weighted by Crippen LogP contribution is 2.12. The molecule has 0 bridgehead atoms. The van der Waals surface area contributed by atoms with E-state index in [1.807, 2.05) is 18.2 Å². The number of ether oxygens (including phenoxy) is 1. The van der Waals surface area contributed by atoms with Gasteiger partial charge in [-0.3, -0.25) is 9.59 Å². The van der Waals surface area contributed by atoms with Gasteiger partial charge >= 0.3 is 0 Å². The number of carbonyl (C=O) groups is 1. The van der Waals surface area contributed by atoms with Gasteiger partial charge in [0.1, 0.15) is 5.75 Å². The van der Waals surface area contributed by atoms with E-state index in [1.54, 1.807) is 31.2 Å². The minimum absolute atomic E-state index is 0.0407. The third-order valence-electron chi connectivity index (χ3n) is 3.37. The summed E-state index contributed by atoms with van der Waals surface area (Å²) in [5.41, 5.74) is -0.0200. The molecular formula is C17H16N4O4. The van der Waals surface area contributed by atoms with Crippen LogP contribution < -0.4 is 15.6 Å². The van der Waals surface area contributed by atoms with E-state index in [0.29, 0.717) is 11.3 Å². The molecule has 0 spiro atoms. The number of amides is 1. The minimum Gasteiger partial charge on any atom is -0.481 e. The van der Waals surface area contributed by atoms with Gasteiger partial charge in [0.05, 0.1) is 12.1 Å². The summed E-state index contributed by atoms with van der Waals surface area (Å²) in [5, 5.41) is 6.40. The van der Waals surface area contributed by atoms with Gasteiger partial charge in [-0.05, 0) is 31.2 Å². The SMILES string of the molecule is CC(Oc1ccccc1)C(=O)NCc1nc(-c2ccc[nH]c2=O)no1. The Bertz CT molecular complexity index is 904. The first-order valence-electron chi connectivity index (χ1n) is 7.63. The summed E-state index contributed by atoms with van der Waals surface area (Å²) in [7, 11) is 0. The van der Waals surface area contributed by atoms with Crippen molar-refractivity contribution >= 4 is 5.91 Å². The lowest BCUT2D eigenvalue weighted by Crippen LogP contribution is -2.35. The molecule has 1 atom stereocenters. The van der Waals surface area contributed by atoms with Crippen molar-refractivity contribution in [3.05, 3.63) is 64.9 Å². The Morgan fingerprint density at radius 1 is 1.28 bits per heavy atom. The Labute approximate surface area is 142 Å². The second-order valence-corrected chi connectivity index (χ2v) is 5.22. The molecule has 25 heavy (non-hydrogen) atoms. The highest BCUT2D eigenvalue weighted by Gasteiger charge is 2.16. The van der Waals surface area contributed by atoms with Crippen molar-refractivity contribution in [3.8, 4) is 17.1 Å². The quantitative estimate of drug-likeness (QED) is 0.704. The van der Waals surface area contributed by atoms with Crippen molar-refractivity contribution in [3.63, 3.8) is 0 Å². The average Bonchev–Trinajstić information content (AvgIpc) is 3.09. The molecule has 128 valence electrons. The lowest BCUT2D eigenvalue weighted by molar-refractivity contribution is -0.127. The number of rotatable bonds is 6. The Balaban J connectivity index is 1.58. The summed E-state index contributed by atoms with van der Waals surface area (Å²) >= 11 is 0. The van der Waals surface area contributed by atoms with E-state index in [0.717, 1.165) is 0 Å². The molecular weight excluding hydrogens is 324 g/mol. The highest BCUT2D eigenvalue weighted by molar-refractivity contribution is 5.80. The van der Waals surface area contributed by atoms with E-state index in [9.17, 15) is 9.59 Å². The van der Waals surface area contributed by atoms with E-state index in [2.05, 4.69) is 20.4 Å². The van der Waals surface area contributed by atoms with E-state index >= 15 is 0 Å². The van der Waals surface area contributed by atoms with E-state index < -0.39 is 6.10 Å². The standard InChI is InChI=1S/C17H16N4O4/c1-11(24-12-6-3-2-4-7-12)16(22)19-10-14-20-15(21-25-14)13-8-5-9-18-17(13)23/h2-9,11H,10H2,1H3,(H,18,23)(H,19,22). The predicted octanol–water partition coefficient (Wildman–Crippen LogP) is 1.51. The molecule has 8 heteroatoms. The van der Waals surface area contributed by atoms with Crippen molar-refractivity contribution in [2.45, 2.75) is 19.6 Å². The van der Waals surface area contributed by atoms with E-state index in [4.69, 9.17) is 9.26 Å². The zero-order chi connectivity index (χ0) is 17.6. The maximum Gasteiger partial charge on any atom is 0.261 e. The number of para-hydroxylation sites is 1. The van der Waals surface area contributed by atoms with Crippen LogP contribution in [-0.4, -0.2) is 27.1 Å². The van der Waals surface area contributed by atoms with Crippen molar-refractivity contribution in [1.82, 2.24) is 20.4 Å². The van der Waals surface area contributed by atoms with Gasteiger partial charge in [-0.25, -0.2) is 0 Å². The summed E-state index contributed by atoms with van der Waals surface area (Å²) in [4.78, 5) is 30.4. The Kier molecular flexibility index (Phi) is 4.89. The second kappa shape index (κ2) is 7.43. The van der Waals surface area contributed by atoms with Crippen LogP contribution >= 0.6 is 0 Å². The number of aromatic amines is 1. The van der Waals surface area contributed by atoms with Crippen molar-refractivity contribution < 1.29 is 14.1 Å². The molecule has 0 radical (unpaired) electrons. The number of pyridine rings is 1. The Hall–Kier alpha value is -3.42. The molecule has 1 aromatic carbocycles. The predicted molar refractivity (Wildman–Crippen MR) is 88.7 cm³/mol. The monoisotopic (exact) mass is 340 g/mol. The molecule has 0 fully saturated rings. The van der Waals surface area contributed by atoms with Crippen molar-refractivity contribution in [1.29, 1.82) is 0 Å². The molecule has 1 unspecified atom stereocenters. The molecule has 8 nitrogen and oxygen atoms in total. The molecule has 2 aromatic heterocycles. The van der Waals surface area contributed by atoms with Crippen LogP contribution in [0.1, 0.15) is 12.8 Å². The van der Waals surface area contributed by atoms with Crippen LogP contribution in [0.3, 0.4) is 0 Å². The van der Waals surface area contributed by atoms with Gasteiger partial charge in [0.25, 0.3) is 11.5 Å². The molecule has 3 rings (SSSR count). The smallest absolute Gasteiger partial charge is 0.261 e. The number of hydrogen-bond acceptors (Lipinski definition) is 6. The zero-order valence-electron chi connectivity index (χ0n) is 13.4. The van der Waals surface area contributed by atoms with Gasteiger partial charge in [-0.2, -0.15) is 4.98 Å². The fourth-order valence-corrected chi connectivity index (χ4v) is 2.10. The van der Waals surface area contributed by atoms with Gasteiger partial charge in [-0.15, -0.1) is 0 Å². The fraction of sp³-hybridized carbons (Fsp3) is 0.176. The van der Waals surface area contributed by atoms with Crippen LogP contribution in [0.2, 0.25) is 0 Å². The number of benzene rings is 1. The molecule has 1 amide bonds. The maximum atomic E-state index is 12.1. The van der Waals surface area contributed by atoms with Crippen LogP contribution in [0.15, 0.2) is 58.0 Å². The van der Waals surface area contributed by atoms with Crippen LogP contribution in [0, 0.1) is 0 Å². The van der Waals surface area contributed by atoms with Crippen molar-refractivity contribution in [2.24, 2.45) is 0 Å². The molecule has 0 aliphatic heterocycles. The third kappa shape index (κ3) is 4.11. The number of hydrogen-bond donors (Lipinski definition) is 2. The van der Waals surface area contributed by atoms with E-state index in [-0.39, 0.29) is 29.7 Å². The van der Waals surface area contributed by atoms with Crippen LogP contribution in [0.4, 0.5) is 0 Å². The lowest BCUT2D eigenvalue weighted by Gasteiger charge is -2.13. The van der Waals surface area contributed by atoms with Gasteiger partial charge in [-0.1, -0.05) is 23.4 Å². The van der Waals surface area contributed by atoms with Gasteiger partial charge in [0.15, 0.2) is 6.10 Å². The molecule has 0 aliphatic carbocycles. The topological polar surface area (TPSA) is 110 Å². The molecule has 0 saturated carbocycles. The molecule has 2 N–H and O–H groups in total. The molecule has 0 aliphatic rings. The first-order valence-corrected chi connectivity index (χ1v) is 7.63. The fourth-order valence-electron chi connectivity index (χ4n) is 2.10. The normalized spacial score (nSPS) is 11.7. The summed E-state index contributed by atoms with van der Waals surface area (Å²) in [6.45, 7) is 1.68.